The van der Waals surface area contributed by atoms with Gasteiger partial charge in [-0.05, 0) is 54.6 Å². The fraction of sp³-hybridized carbons (Fsp3) is 0.462. The Kier molecular flexibility index (Phi) is 4.22. The van der Waals surface area contributed by atoms with Gasteiger partial charge in [0.2, 0.25) is 5.91 Å². The van der Waals surface area contributed by atoms with Crippen LogP contribution in [0.15, 0.2) is 23.3 Å². The van der Waals surface area contributed by atoms with Crippen LogP contribution in [-0.4, -0.2) is 19.0 Å². The minimum absolute atomic E-state index is 0.313. The monoisotopic (exact) mass is 277 g/mol. The maximum Gasteiger partial charge on any atom is 0.242 e. The molecule has 0 bridgehead atoms. The molecule has 1 aliphatic rings. The lowest BCUT2D eigenvalue weighted by atomic mass is 9.90. The zero-order valence-corrected chi connectivity index (χ0v) is 11.0. The van der Waals surface area contributed by atoms with Crippen LogP contribution in [0.3, 0.4) is 0 Å². The van der Waals surface area contributed by atoms with E-state index in [0.29, 0.717) is 32.4 Å². The molecule has 1 aromatic rings. The van der Waals surface area contributed by atoms with E-state index in [1.165, 1.54) is 12.1 Å². The van der Waals surface area contributed by atoms with E-state index in [2.05, 4.69) is 15.3 Å². The number of carbonyl (C=O) groups is 1. The molecule has 0 heterocycles. The Morgan fingerprint density at radius 2 is 2.40 bits per heavy atom. The molecule has 0 fully saturated rings. The molecule has 3 N–H and O–H groups in total. The van der Waals surface area contributed by atoms with E-state index in [1.807, 2.05) is 0 Å². The Balaban J connectivity index is 2.17. The normalized spacial score (nSPS) is 20.2. The standard InChI is InChI=1S/C13H16FN5O/c14-10-2-3-11-9(8-10)4-5-13(11,12(15)20)17-6-1-7-18-19-16/h2-3,8,17H,1,4-7H2,(H2,15,20). The van der Waals surface area contributed by atoms with Crippen molar-refractivity contribution in [3.05, 3.63) is 45.6 Å². The average Bonchev–Trinajstić information content (AvgIpc) is 2.78. The first kappa shape index (κ1) is 14.3. The topological polar surface area (TPSA) is 104 Å². The van der Waals surface area contributed by atoms with Crippen LogP contribution in [0.1, 0.15) is 24.0 Å². The lowest BCUT2D eigenvalue weighted by Crippen LogP contribution is -2.51. The quantitative estimate of drug-likeness (QED) is 0.358. The summed E-state index contributed by atoms with van der Waals surface area (Å²) in [5, 5.41) is 6.58. The first-order chi connectivity index (χ1) is 9.60. The van der Waals surface area contributed by atoms with Gasteiger partial charge in [-0.15, -0.1) is 0 Å². The highest BCUT2D eigenvalue weighted by atomic mass is 19.1. The van der Waals surface area contributed by atoms with Crippen molar-refractivity contribution in [2.24, 2.45) is 10.8 Å². The van der Waals surface area contributed by atoms with Crippen molar-refractivity contribution < 1.29 is 9.18 Å². The van der Waals surface area contributed by atoms with Crippen LogP contribution < -0.4 is 11.1 Å². The lowest BCUT2D eigenvalue weighted by Gasteiger charge is -2.28. The molecule has 1 aromatic carbocycles. The van der Waals surface area contributed by atoms with Crippen LogP contribution in [0.4, 0.5) is 4.39 Å². The maximum absolute atomic E-state index is 13.2. The number of azide groups is 1. The summed E-state index contributed by atoms with van der Waals surface area (Å²) in [5.74, 6) is -0.779. The molecule has 6 nitrogen and oxygen atoms in total. The molecule has 1 unspecified atom stereocenters. The lowest BCUT2D eigenvalue weighted by molar-refractivity contribution is -0.124. The molecule has 0 saturated carbocycles. The van der Waals surface area contributed by atoms with Gasteiger partial charge in [-0.3, -0.25) is 10.1 Å². The van der Waals surface area contributed by atoms with Crippen molar-refractivity contribution in [3.63, 3.8) is 0 Å². The van der Waals surface area contributed by atoms with Gasteiger partial charge in [0.05, 0.1) is 0 Å². The third-order valence-electron chi connectivity index (χ3n) is 3.64. The van der Waals surface area contributed by atoms with Crippen LogP contribution in [0, 0.1) is 5.82 Å². The first-order valence-electron chi connectivity index (χ1n) is 6.45. The van der Waals surface area contributed by atoms with Gasteiger partial charge in [-0.2, -0.15) is 0 Å². The molecule has 0 spiro atoms. The van der Waals surface area contributed by atoms with Crippen molar-refractivity contribution in [2.45, 2.75) is 24.8 Å². The Hall–Kier alpha value is -2.11. The number of halogens is 1. The zero-order valence-electron chi connectivity index (χ0n) is 11.0. The average molecular weight is 277 g/mol. The first-order valence-corrected chi connectivity index (χ1v) is 6.45. The Bertz CT molecular complexity index is 570. The van der Waals surface area contributed by atoms with Gasteiger partial charge in [0.15, 0.2) is 0 Å². The fourth-order valence-corrected chi connectivity index (χ4v) is 2.67. The summed E-state index contributed by atoms with van der Waals surface area (Å²) in [6.07, 6.45) is 1.73. The summed E-state index contributed by atoms with van der Waals surface area (Å²) in [7, 11) is 0. The number of benzene rings is 1. The number of nitrogens with one attached hydrogen (secondary N) is 1. The molecule has 0 radical (unpaired) electrons. The van der Waals surface area contributed by atoms with Gasteiger partial charge in [0, 0.05) is 11.5 Å². The molecule has 2 rings (SSSR count). The number of amides is 1. The van der Waals surface area contributed by atoms with E-state index in [9.17, 15) is 9.18 Å². The SMILES string of the molecule is [N-]=[N+]=NCCCNC1(C(N)=O)CCc2cc(F)ccc21. The van der Waals surface area contributed by atoms with Crippen molar-refractivity contribution in [1.29, 1.82) is 0 Å². The second-order valence-electron chi connectivity index (χ2n) is 4.81. The van der Waals surface area contributed by atoms with E-state index in [1.54, 1.807) is 6.07 Å². The number of rotatable bonds is 6. The van der Waals surface area contributed by atoms with Crippen LogP contribution in [0.2, 0.25) is 0 Å². The summed E-state index contributed by atoms with van der Waals surface area (Å²) in [4.78, 5) is 14.5. The summed E-state index contributed by atoms with van der Waals surface area (Å²) >= 11 is 0. The van der Waals surface area contributed by atoms with E-state index in [0.717, 1.165) is 11.1 Å². The van der Waals surface area contributed by atoms with Gasteiger partial charge in [-0.1, -0.05) is 11.2 Å². The molecule has 1 amide bonds. The van der Waals surface area contributed by atoms with Crippen molar-refractivity contribution in [3.8, 4) is 0 Å². The molecule has 0 aliphatic heterocycles. The Morgan fingerprint density at radius 1 is 1.60 bits per heavy atom. The molecule has 20 heavy (non-hydrogen) atoms. The number of nitrogens with zero attached hydrogens (tertiary/aromatic N) is 3. The molecule has 0 saturated heterocycles. The van der Waals surface area contributed by atoms with Crippen LogP contribution in [0.5, 0.6) is 0 Å². The molecular formula is C13H16FN5O. The Morgan fingerprint density at radius 3 is 3.10 bits per heavy atom. The smallest absolute Gasteiger partial charge is 0.242 e. The van der Waals surface area contributed by atoms with Crippen LogP contribution in [0.25, 0.3) is 10.4 Å². The minimum Gasteiger partial charge on any atom is -0.368 e. The van der Waals surface area contributed by atoms with Crippen molar-refractivity contribution in [1.82, 2.24) is 5.32 Å². The minimum atomic E-state index is -0.945. The fourth-order valence-electron chi connectivity index (χ4n) is 2.67. The van der Waals surface area contributed by atoms with Crippen LogP contribution >= 0.6 is 0 Å². The third kappa shape index (κ3) is 2.59. The number of aryl methyl sites for hydroxylation is 1. The largest absolute Gasteiger partial charge is 0.368 e. The predicted octanol–water partition coefficient (Wildman–Crippen LogP) is 1.74. The van der Waals surface area contributed by atoms with Gasteiger partial charge in [0.25, 0.3) is 0 Å². The number of carbonyl (C=O) groups excluding carboxylic acids is 1. The van der Waals surface area contributed by atoms with Crippen LogP contribution in [-0.2, 0) is 16.8 Å². The maximum atomic E-state index is 13.2. The van der Waals surface area contributed by atoms with Gasteiger partial charge >= 0.3 is 0 Å². The van der Waals surface area contributed by atoms with Crippen molar-refractivity contribution >= 4 is 5.91 Å². The van der Waals surface area contributed by atoms with E-state index < -0.39 is 11.4 Å². The van der Waals surface area contributed by atoms with Gasteiger partial charge < -0.3 is 5.73 Å². The molecule has 1 aliphatic carbocycles. The predicted molar refractivity (Wildman–Crippen MR) is 72.2 cm³/mol. The number of primary amides is 1. The summed E-state index contributed by atoms with van der Waals surface area (Å²) in [6, 6.07) is 4.40. The second kappa shape index (κ2) is 5.90. The van der Waals surface area contributed by atoms with E-state index in [-0.39, 0.29) is 5.82 Å². The molecular weight excluding hydrogens is 261 g/mol. The zero-order chi connectivity index (χ0) is 14.6. The number of hydrogen-bond acceptors (Lipinski definition) is 3. The summed E-state index contributed by atoms with van der Waals surface area (Å²) in [5.41, 5.74) is 14.4. The van der Waals surface area contributed by atoms with Crippen molar-refractivity contribution in [2.75, 3.05) is 13.1 Å². The number of fused-ring (bicyclic) bond motifs is 1. The third-order valence-corrected chi connectivity index (χ3v) is 3.64. The highest BCUT2D eigenvalue weighted by molar-refractivity contribution is 5.87. The highest BCUT2D eigenvalue weighted by Gasteiger charge is 2.43. The molecule has 0 aromatic heterocycles. The number of hydrogen-bond donors (Lipinski definition) is 2. The van der Waals surface area contributed by atoms with Gasteiger partial charge in [0.1, 0.15) is 11.4 Å². The molecule has 7 heteroatoms. The summed E-state index contributed by atoms with van der Waals surface area (Å²) in [6.45, 7) is 0.855. The van der Waals surface area contributed by atoms with Gasteiger partial charge in [-0.25, -0.2) is 4.39 Å². The highest BCUT2D eigenvalue weighted by Crippen LogP contribution is 2.37. The Labute approximate surface area is 115 Å². The number of nitrogens with two attached hydrogens (primary N) is 1. The van der Waals surface area contributed by atoms with E-state index >= 15 is 0 Å². The second-order valence-corrected chi connectivity index (χ2v) is 4.81. The summed E-state index contributed by atoms with van der Waals surface area (Å²) < 4.78 is 13.2. The molecule has 1 atom stereocenters. The molecule has 106 valence electrons. The van der Waals surface area contributed by atoms with E-state index in [4.69, 9.17) is 11.3 Å².